The fourth-order valence-corrected chi connectivity index (χ4v) is 1.44. The number of ether oxygens (including phenoxy) is 1. The Morgan fingerprint density at radius 3 is 2.89 bits per heavy atom. The Morgan fingerprint density at radius 2 is 2.28 bits per heavy atom. The quantitative estimate of drug-likeness (QED) is 0.804. The topological polar surface area (TPSA) is 67.6 Å². The van der Waals surface area contributed by atoms with Gasteiger partial charge in [-0.25, -0.2) is 9.18 Å². The van der Waals surface area contributed by atoms with Crippen LogP contribution >= 0.6 is 0 Å². The summed E-state index contributed by atoms with van der Waals surface area (Å²) in [5, 5.41) is 2.61. The zero-order chi connectivity index (χ0) is 13.4. The smallest absolute Gasteiger partial charge is 0.321 e. The van der Waals surface area contributed by atoms with Crippen LogP contribution in [0.3, 0.4) is 0 Å². The molecular formula is C12H18FN3O2. The van der Waals surface area contributed by atoms with Gasteiger partial charge < -0.3 is 20.7 Å². The molecule has 1 rings (SSSR count). The SMILES string of the molecule is COCCN(CCN)C(=O)Nc1cccc(F)c1. The number of anilines is 1. The van der Waals surface area contributed by atoms with Crippen molar-refractivity contribution in [1.82, 2.24) is 4.90 Å². The van der Waals surface area contributed by atoms with Crippen LogP contribution in [0, 0.1) is 5.82 Å². The van der Waals surface area contributed by atoms with Gasteiger partial charge in [0, 0.05) is 32.4 Å². The summed E-state index contributed by atoms with van der Waals surface area (Å²) in [7, 11) is 1.56. The highest BCUT2D eigenvalue weighted by molar-refractivity contribution is 5.89. The minimum atomic E-state index is -0.393. The number of methoxy groups -OCH3 is 1. The molecule has 1 aromatic carbocycles. The fourth-order valence-electron chi connectivity index (χ4n) is 1.44. The van der Waals surface area contributed by atoms with Crippen LogP contribution in [0.1, 0.15) is 0 Å². The van der Waals surface area contributed by atoms with Crippen LogP contribution in [0.5, 0.6) is 0 Å². The highest BCUT2D eigenvalue weighted by Gasteiger charge is 2.12. The van der Waals surface area contributed by atoms with Crippen molar-refractivity contribution in [2.75, 3.05) is 38.7 Å². The second-order valence-corrected chi connectivity index (χ2v) is 3.71. The number of nitrogens with one attached hydrogen (secondary N) is 1. The monoisotopic (exact) mass is 255 g/mol. The number of nitrogens with two attached hydrogens (primary N) is 1. The summed E-state index contributed by atoms with van der Waals surface area (Å²) in [4.78, 5) is 13.4. The number of nitrogens with zero attached hydrogens (tertiary/aromatic N) is 1. The maximum absolute atomic E-state index is 13.0. The van der Waals surface area contributed by atoms with Crippen LogP contribution in [0.2, 0.25) is 0 Å². The van der Waals surface area contributed by atoms with E-state index in [0.717, 1.165) is 0 Å². The average Bonchev–Trinajstić information content (AvgIpc) is 2.34. The van der Waals surface area contributed by atoms with Gasteiger partial charge >= 0.3 is 6.03 Å². The van der Waals surface area contributed by atoms with E-state index in [2.05, 4.69) is 5.32 Å². The first-order chi connectivity index (χ1) is 8.67. The van der Waals surface area contributed by atoms with Crippen molar-refractivity contribution in [1.29, 1.82) is 0 Å². The van der Waals surface area contributed by atoms with Crippen molar-refractivity contribution in [3.05, 3.63) is 30.1 Å². The Bertz CT molecular complexity index is 387. The molecule has 0 radical (unpaired) electrons. The number of urea groups is 1. The van der Waals surface area contributed by atoms with Gasteiger partial charge in [-0.2, -0.15) is 0 Å². The first-order valence-corrected chi connectivity index (χ1v) is 5.68. The van der Waals surface area contributed by atoms with Crippen molar-refractivity contribution in [2.45, 2.75) is 0 Å². The van der Waals surface area contributed by atoms with E-state index in [-0.39, 0.29) is 6.03 Å². The molecule has 0 fully saturated rings. The molecule has 1 aromatic rings. The molecule has 0 aliphatic carbocycles. The van der Waals surface area contributed by atoms with Crippen LogP contribution in [0.4, 0.5) is 14.9 Å². The summed E-state index contributed by atoms with van der Waals surface area (Å²) in [5.74, 6) is -0.393. The Hall–Kier alpha value is -1.66. The van der Waals surface area contributed by atoms with Gasteiger partial charge in [0.15, 0.2) is 0 Å². The van der Waals surface area contributed by atoms with E-state index in [4.69, 9.17) is 10.5 Å². The third kappa shape index (κ3) is 4.68. The average molecular weight is 255 g/mol. The largest absolute Gasteiger partial charge is 0.383 e. The predicted molar refractivity (Wildman–Crippen MR) is 67.9 cm³/mol. The van der Waals surface area contributed by atoms with Crippen molar-refractivity contribution < 1.29 is 13.9 Å². The van der Waals surface area contributed by atoms with E-state index in [1.807, 2.05) is 0 Å². The summed E-state index contributed by atoms with van der Waals surface area (Å²) >= 11 is 0. The van der Waals surface area contributed by atoms with Gasteiger partial charge in [-0.15, -0.1) is 0 Å². The highest BCUT2D eigenvalue weighted by Crippen LogP contribution is 2.09. The highest BCUT2D eigenvalue weighted by atomic mass is 19.1. The van der Waals surface area contributed by atoms with E-state index >= 15 is 0 Å². The molecular weight excluding hydrogens is 237 g/mol. The molecule has 0 saturated carbocycles. The minimum absolute atomic E-state index is 0.317. The van der Waals surface area contributed by atoms with Crippen LogP contribution in [-0.2, 0) is 4.74 Å². The summed E-state index contributed by atoms with van der Waals surface area (Å²) in [5.41, 5.74) is 5.85. The Labute approximate surface area is 106 Å². The number of halogens is 1. The molecule has 5 nitrogen and oxygen atoms in total. The van der Waals surface area contributed by atoms with Gasteiger partial charge in [-0.3, -0.25) is 0 Å². The number of rotatable bonds is 6. The Balaban J connectivity index is 2.60. The minimum Gasteiger partial charge on any atom is -0.383 e. The summed E-state index contributed by atoms with van der Waals surface area (Å²) in [6.07, 6.45) is 0. The van der Waals surface area contributed by atoms with Gasteiger partial charge in [-0.1, -0.05) is 6.07 Å². The second-order valence-electron chi connectivity index (χ2n) is 3.71. The van der Waals surface area contributed by atoms with Crippen molar-refractivity contribution in [3.8, 4) is 0 Å². The normalized spacial score (nSPS) is 10.2. The number of carbonyl (C=O) groups excluding carboxylic acids is 1. The Morgan fingerprint density at radius 1 is 1.50 bits per heavy atom. The molecule has 0 aliphatic heterocycles. The third-order valence-corrected chi connectivity index (χ3v) is 2.33. The Kier molecular flexibility index (Phi) is 6.10. The van der Waals surface area contributed by atoms with Gasteiger partial charge in [0.1, 0.15) is 5.82 Å². The number of hydrogen-bond donors (Lipinski definition) is 2. The molecule has 18 heavy (non-hydrogen) atoms. The molecule has 6 heteroatoms. The maximum Gasteiger partial charge on any atom is 0.321 e. The van der Waals surface area contributed by atoms with E-state index in [1.165, 1.54) is 23.1 Å². The first-order valence-electron chi connectivity index (χ1n) is 5.68. The molecule has 3 N–H and O–H groups in total. The molecule has 2 amide bonds. The van der Waals surface area contributed by atoms with Crippen LogP contribution in [0.25, 0.3) is 0 Å². The van der Waals surface area contributed by atoms with E-state index in [9.17, 15) is 9.18 Å². The van der Waals surface area contributed by atoms with Gasteiger partial charge in [0.2, 0.25) is 0 Å². The molecule has 0 aliphatic rings. The standard InChI is InChI=1S/C12H18FN3O2/c1-18-8-7-16(6-5-14)12(17)15-11-4-2-3-10(13)9-11/h2-4,9H,5-8,14H2,1H3,(H,15,17). The lowest BCUT2D eigenvalue weighted by atomic mass is 10.3. The lowest BCUT2D eigenvalue weighted by molar-refractivity contribution is 0.156. The molecule has 0 spiro atoms. The summed E-state index contributed by atoms with van der Waals surface area (Å²) < 4.78 is 17.9. The molecule has 0 saturated heterocycles. The number of hydrogen-bond acceptors (Lipinski definition) is 3. The van der Waals surface area contributed by atoms with Crippen molar-refractivity contribution >= 4 is 11.7 Å². The molecule has 100 valence electrons. The summed E-state index contributed by atoms with van der Waals surface area (Å²) in [6, 6.07) is 5.42. The summed E-state index contributed by atoms with van der Waals surface area (Å²) in [6.45, 7) is 1.65. The van der Waals surface area contributed by atoms with Gasteiger partial charge in [0.05, 0.1) is 6.61 Å². The molecule has 0 bridgehead atoms. The third-order valence-electron chi connectivity index (χ3n) is 2.33. The van der Waals surface area contributed by atoms with Crippen molar-refractivity contribution in [2.24, 2.45) is 5.73 Å². The van der Waals surface area contributed by atoms with Crippen LogP contribution in [-0.4, -0.2) is 44.3 Å². The lowest BCUT2D eigenvalue weighted by Gasteiger charge is -2.22. The molecule has 0 atom stereocenters. The van der Waals surface area contributed by atoms with E-state index < -0.39 is 5.82 Å². The molecule has 0 unspecified atom stereocenters. The zero-order valence-electron chi connectivity index (χ0n) is 10.4. The molecule has 0 aromatic heterocycles. The maximum atomic E-state index is 13.0. The number of benzene rings is 1. The second kappa shape index (κ2) is 7.62. The van der Waals surface area contributed by atoms with E-state index in [1.54, 1.807) is 13.2 Å². The number of amides is 2. The zero-order valence-corrected chi connectivity index (χ0v) is 10.4. The van der Waals surface area contributed by atoms with Crippen molar-refractivity contribution in [3.63, 3.8) is 0 Å². The number of carbonyl (C=O) groups is 1. The van der Waals surface area contributed by atoms with Crippen LogP contribution in [0.15, 0.2) is 24.3 Å². The van der Waals surface area contributed by atoms with E-state index in [0.29, 0.717) is 31.9 Å². The lowest BCUT2D eigenvalue weighted by Crippen LogP contribution is -2.40. The fraction of sp³-hybridized carbons (Fsp3) is 0.417. The van der Waals surface area contributed by atoms with Gasteiger partial charge in [-0.05, 0) is 18.2 Å². The van der Waals surface area contributed by atoms with Gasteiger partial charge in [0.25, 0.3) is 0 Å². The molecule has 0 heterocycles. The predicted octanol–water partition coefficient (Wildman–Crippen LogP) is 1.26. The van der Waals surface area contributed by atoms with Crippen LogP contribution < -0.4 is 11.1 Å². The first kappa shape index (κ1) is 14.4.